The van der Waals surface area contributed by atoms with Gasteiger partial charge >= 0.3 is 71.6 Å². The number of fused-ring (bicyclic) bond motifs is 4. The molecule has 9 fully saturated rings. The Labute approximate surface area is 321 Å². The summed E-state index contributed by atoms with van der Waals surface area (Å²) in [4.78, 5) is 139. The van der Waals surface area contributed by atoms with E-state index in [0.717, 1.165) is 5.56 Å². The first-order valence-corrected chi connectivity index (χ1v) is 18.6. The van der Waals surface area contributed by atoms with Gasteiger partial charge in [0.25, 0.3) is 0 Å². The van der Waals surface area contributed by atoms with E-state index in [0.29, 0.717) is 25.7 Å². The van der Waals surface area contributed by atoms with Crippen molar-refractivity contribution >= 4 is 71.6 Å². The Balaban J connectivity index is 0.000000122. The van der Waals surface area contributed by atoms with Crippen LogP contribution in [0.2, 0.25) is 0 Å². The minimum atomic E-state index is -1.03. The quantitative estimate of drug-likeness (QED) is 0.220. The largest absolute Gasteiger partial charge is 0.393 e. The maximum Gasteiger partial charge on any atom is 0.320 e. The fourth-order valence-corrected chi connectivity index (χ4v) is 10.3. The number of carbonyl (C=O) groups is 12. The highest BCUT2D eigenvalue weighted by Crippen LogP contribution is 2.57. The van der Waals surface area contributed by atoms with Crippen molar-refractivity contribution in [3.63, 3.8) is 0 Å². The van der Waals surface area contributed by atoms with Crippen molar-refractivity contribution in [2.75, 3.05) is 0 Å². The second-order valence-electron chi connectivity index (χ2n) is 16.4. The lowest BCUT2D eigenvalue weighted by atomic mass is 9.59. The minimum Gasteiger partial charge on any atom is -0.393 e. The topological polar surface area (TPSA) is 260 Å². The number of ether oxygens (including phenoxy) is 6. The van der Waals surface area contributed by atoms with Crippen LogP contribution in [-0.4, -0.2) is 71.6 Å². The second-order valence-corrected chi connectivity index (χ2v) is 16.4. The molecule has 1 aromatic rings. The van der Waals surface area contributed by atoms with E-state index >= 15 is 0 Å². The van der Waals surface area contributed by atoms with Crippen LogP contribution in [0.25, 0.3) is 0 Å². The van der Waals surface area contributed by atoms with E-state index in [-0.39, 0.29) is 50.9 Å². The van der Waals surface area contributed by atoms with Crippen molar-refractivity contribution in [1.82, 2.24) is 0 Å². The van der Waals surface area contributed by atoms with Gasteiger partial charge in [-0.05, 0) is 62.8 Å². The summed E-state index contributed by atoms with van der Waals surface area (Å²) in [6, 6.07) is 9.25. The molecule has 3 saturated carbocycles. The van der Waals surface area contributed by atoms with E-state index < -0.39 is 123 Å². The summed E-state index contributed by atoms with van der Waals surface area (Å²) in [5, 5.41) is 0. The third kappa shape index (κ3) is 6.43. The maximum absolute atomic E-state index is 12.2. The lowest BCUT2D eigenvalue weighted by molar-refractivity contribution is -0.180. The predicted molar refractivity (Wildman–Crippen MR) is 175 cm³/mol. The first kappa shape index (κ1) is 38.0. The number of hydrogen-bond acceptors (Lipinski definition) is 18. The summed E-state index contributed by atoms with van der Waals surface area (Å²) in [6.07, 6.45) is 2.30. The van der Waals surface area contributed by atoms with Crippen LogP contribution in [0.5, 0.6) is 0 Å². The SMILES string of the molecule is O=C1CC2(CC3C(=O)OC(=O)C3C(c3ccccc3)C2)C(=O)O1.O=C1CC2(CC3CC(C2)C(=O)OC3=O)C(=O)O1.O=C1CC2(CCC3C(=O)OC(=O)C3C2)C(=O)O1. The van der Waals surface area contributed by atoms with E-state index in [4.69, 9.17) is 9.47 Å². The number of carbonyl (C=O) groups excluding carboxylic acids is 12. The highest BCUT2D eigenvalue weighted by atomic mass is 16.6. The van der Waals surface area contributed by atoms with E-state index in [1.54, 1.807) is 0 Å². The molecule has 18 heteroatoms. The minimum absolute atomic E-state index is 0.0104. The van der Waals surface area contributed by atoms with Gasteiger partial charge < -0.3 is 28.4 Å². The zero-order valence-corrected chi connectivity index (χ0v) is 30.1. The lowest BCUT2D eigenvalue weighted by Crippen LogP contribution is -2.47. The van der Waals surface area contributed by atoms with Crippen LogP contribution < -0.4 is 0 Å². The fourth-order valence-electron chi connectivity index (χ4n) is 10.3. The molecular weight excluding hydrogens is 756 g/mol. The van der Waals surface area contributed by atoms with Gasteiger partial charge in [0.2, 0.25) is 0 Å². The van der Waals surface area contributed by atoms with Crippen LogP contribution in [-0.2, 0) is 86.0 Å². The zero-order valence-electron chi connectivity index (χ0n) is 30.1. The third-order valence-electron chi connectivity index (χ3n) is 13.0. The van der Waals surface area contributed by atoms with Crippen LogP contribution in [0.1, 0.15) is 82.1 Å². The molecule has 0 radical (unpaired) electrons. The van der Waals surface area contributed by atoms with E-state index in [1.807, 2.05) is 30.3 Å². The fraction of sp³-hybridized carbons (Fsp3) is 0.538. The first-order chi connectivity index (χ1) is 27.0. The molecule has 9 aliphatic rings. The monoisotopic (exact) mass is 790 g/mol. The first-order valence-electron chi connectivity index (χ1n) is 18.6. The molecule has 18 nitrogen and oxygen atoms in total. The van der Waals surface area contributed by atoms with Crippen LogP contribution in [0.3, 0.4) is 0 Å². The summed E-state index contributed by atoms with van der Waals surface area (Å²) >= 11 is 0. The van der Waals surface area contributed by atoms with Gasteiger partial charge in [0.05, 0.1) is 71.0 Å². The van der Waals surface area contributed by atoms with Gasteiger partial charge in [-0.2, -0.15) is 0 Å². The van der Waals surface area contributed by atoms with E-state index in [2.05, 4.69) is 18.9 Å². The molecule has 6 heterocycles. The Kier molecular flexibility index (Phi) is 9.07. The van der Waals surface area contributed by atoms with Gasteiger partial charge in [0.1, 0.15) is 0 Å². The molecule has 10 rings (SSSR count). The Hall–Kier alpha value is -5.94. The molecule has 9 unspecified atom stereocenters. The summed E-state index contributed by atoms with van der Waals surface area (Å²) in [6.45, 7) is 0. The molecule has 57 heavy (non-hydrogen) atoms. The van der Waals surface area contributed by atoms with Crippen LogP contribution >= 0.6 is 0 Å². The zero-order chi connectivity index (χ0) is 40.6. The highest BCUT2D eigenvalue weighted by molar-refractivity contribution is 6.03. The summed E-state index contributed by atoms with van der Waals surface area (Å²) < 4.78 is 27.8. The normalized spacial score (nSPS) is 38.7. The highest BCUT2D eigenvalue weighted by Gasteiger charge is 2.63. The van der Waals surface area contributed by atoms with Crippen molar-refractivity contribution in [2.24, 2.45) is 51.8 Å². The van der Waals surface area contributed by atoms with Crippen LogP contribution in [0.4, 0.5) is 0 Å². The molecule has 1 aromatic carbocycles. The smallest absolute Gasteiger partial charge is 0.320 e. The number of cyclic esters (lactones) is 12. The Morgan fingerprint density at radius 2 is 0.860 bits per heavy atom. The molecule has 6 saturated heterocycles. The molecule has 0 amide bonds. The molecule has 9 atom stereocenters. The third-order valence-corrected chi connectivity index (χ3v) is 13.0. The Morgan fingerprint density at radius 3 is 1.40 bits per heavy atom. The number of rotatable bonds is 1. The molecule has 3 spiro atoms. The molecule has 0 N–H and O–H groups in total. The molecule has 298 valence electrons. The lowest BCUT2D eigenvalue weighted by Gasteiger charge is -2.39. The predicted octanol–water partition coefficient (Wildman–Crippen LogP) is 1.23. The van der Waals surface area contributed by atoms with Gasteiger partial charge in [0, 0.05) is 0 Å². The van der Waals surface area contributed by atoms with Gasteiger partial charge in [-0.1, -0.05) is 30.3 Å². The maximum atomic E-state index is 12.2. The molecular formula is C39H34O18. The molecule has 2 bridgehead atoms. The van der Waals surface area contributed by atoms with Crippen LogP contribution in [0, 0.1) is 51.8 Å². The van der Waals surface area contributed by atoms with Gasteiger partial charge in [-0.15, -0.1) is 0 Å². The van der Waals surface area contributed by atoms with E-state index in [9.17, 15) is 57.5 Å². The standard InChI is InChI=1S/C17H14O6.2C11H10O6/c18-12-8-17(16(21)22-12)6-10(9-4-2-1-3-5-9)13-11(7-17)14(19)23-15(13)20;12-7-4-11(10(15)16-7)2-5-1-6(3-11)9(14)17-8(5)13;12-7-4-11(10(15)16-7)2-1-5-6(3-11)9(14)17-8(5)13/h1-5,10-11,13H,6-8H2;2*5-6H,1-4H2. The number of esters is 12. The summed E-state index contributed by atoms with van der Waals surface area (Å²) in [7, 11) is 0. The Bertz CT molecular complexity index is 2060. The van der Waals surface area contributed by atoms with Gasteiger partial charge in [0.15, 0.2) is 0 Å². The summed E-state index contributed by atoms with van der Waals surface area (Å²) in [5.74, 6) is -10.4. The molecule has 3 aliphatic carbocycles. The molecule has 0 aromatic heterocycles. The average Bonchev–Trinajstić information content (AvgIpc) is 3.87. The van der Waals surface area contributed by atoms with Crippen molar-refractivity contribution in [2.45, 2.75) is 76.5 Å². The van der Waals surface area contributed by atoms with Gasteiger partial charge in [-0.25, -0.2) is 0 Å². The van der Waals surface area contributed by atoms with E-state index in [1.165, 1.54) is 0 Å². The number of hydrogen-bond donors (Lipinski definition) is 0. The van der Waals surface area contributed by atoms with Gasteiger partial charge in [-0.3, -0.25) is 57.5 Å². The van der Waals surface area contributed by atoms with Crippen molar-refractivity contribution in [1.29, 1.82) is 0 Å². The van der Waals surface area contributed by atoms with Crippen LogP contribution in [0.15, 0.2) is 30.3 Å². The number of benzene rings is 1. The van der Waals surface area contributed by atoms with Crippen molar-refractivity contribution in [3.05, 3.63) is 35.9 Å². The van der Waals surface area contributed by atoms with Crippen molar-refractivity contribution < 1.29 is 86.0 Å². The summed E-state index contributed by atoms with van der Waals surface area (Å²) in [5.41, 5.74) is -2.04. The molecule has 6 aliphatic heterocycles. The second kappa shape index (κ2) is 13.6. The van der Waals surface area contributed by atoms with Crippen molar-refractivity contribution in [3.8, 4) is 0 Å². The average molecular weight is 791 g/mol. The Morgan fingerprint density at radius 1 is 0.421 bits per heavy atom.